The van der Waals surface area contributed by atoms with Gasteiger partial charge in [-0.3, -0.25) is 0 Å². The third-order valence-electron chi connectivity index (χ3n) is 3.47. The van der Waals surface area contributed by atoms with Crippen LogP contribution in [-0.2, 0) is 10.0 Å². The van der Waals surface area contributed by atoms with E-state index in [1.807, 2.05) is 19.1 Å². The van der Waals surface area contributed by atoms with Gasteiger partial charge in [-0.05, 0) is 37.9 Å². The lowest BCUT2D eigenvalue weighted by atomic mass is 9.96. The molecule has 4 nitrogen and oxygen atoms in total. The van der Waals surface area contributed by atoms with Crippen LogP contribution in [0, 0.1) is 12.8 Å². The van der Waals surface area contributed by atoms with Crippen molar-refractivity contribution in [1.29, 1.82) is 0 Å². The minimum atomic E-state index is -3.40. The van der Waals surface area contributed by atoms with E-state index in [1.165, 1.54) is 0 Å². The van der Waals surface area contributed by atoms with E-state index >= 15 is 0 Å². The summed E-state index contributed by atoms with van der Waals surface area (Å²) in [6, 6.07) is 6.91. The van der Waals surface area contributed by atoms with Gasteiger partial charge < -0.3 is 5.32 Å². The minimum Gasteiger partial charge on any atom is -0.315 e. The van der Waals surface area contributed by atoms with Crippen molar-refractivity contribution in [3.05, 3.63) is 29.8 Å². The molecule has 19 heavy (non-hydrogen) atoms. The lowest BCUT2D eigenvalue weighted by Gasteiger charge is -2.29. The number of nitrogens with one attached hydrogen (secondary N) is 2. The van der Waals surface area contributed by atoms with Crippen molar-refractivity contribution in [2.45, 2.75) is 31.2 Å². The van der Waals surface area contributed by atoms with Crippen LogP contribution in [0.2, 0.25) is 0 Å². The second kappa shape index (κ2) is 6.70. The van der Waals surface area contributed by atoms with Crippen LogP contribution in [0.4, 0.5) is 0 Å². The topological polar surface area (TPSA) is 58.2 Å². The maximum absolute atomic E-state index is 12.2. The number of piperidine rings is 1. The van der Waals surface area contributed by atoms with Gasteiger partial charge in [0.1, 0.15) is 0 Å². The Labute approximate surface area is 121 Å². The van der Waals surface area contributed by atoms with Crippen LogP contribution in [-0.4, -0.2) is 27.5 Å². The van der Waals surface area contributed by atoms with Crippen molar-refractivity contribution < 1.29 is 8.42 Å². The fraction of sp³-hybridized carbons (Fsp3) is 0.538. The molecular formula is C13H21ClN2O2S. The van der Waals surface area contributed by atoms with Crippen LogP contribution in [0.3, 0.4) is 0 Å². The van der Waals surface area contributed by atoms with E-state index in [4.69, 9.17) is 0 Å². The first kappa shape index (κ1) is 16.4. The van der Waals surface area contributed by atoms with Gasteiger partial charge in [-0.15, -0.1) is 12.4 Å². The van der Waals surface area contributed by atoms with Gasteiger partial charge in [0.25, 0.3) is 0 Å². The molecule has 1 aliphatic rings. The highest BCUT2D eigenvalue weighted by molar-refractivity contribution is 7.89. The summed E-state index contributed by atoms with van der Waals surface area (Å²) in [4.78, 5) is 0.339. The fourth-order valence-electron chi connectivity index (χ4n) is 2.13. The van der Waals surface area contributed by atoms with Gasteiger partial charge in [0.15, 0.2) is 0 Å². The van der Waals surface area contributed by atoms with E-state index in [2.05, 4.69) is 17.0 Å². The summed E-state index contributed by atoms with van der Waals surface area (Å²) in [5, 5.41) is 3.22. The molecule has 2 N–H and O–H groups in total. The third kappa shape index (κ3) is 4.18. The molecule has 0 aliphatic carbocycles. The highest BCUT2D eigenvalue weighted by atomic mass is 35.5. The Kier molecular flexibility index (Phi) is 5.80. The van der Waals surface area contributed by atoms with Gasteiger partial charge in [0.2, 0.25) is 10.0 Å². The van der Waals surface area contributed by atoms with E-state index in [-0.39, 0.29) is 18.4 Å². The zero-order chi connectivity index (χ0) is 13.2. The van der Waals surface area contributed by atoms with Gasteiger partial charge in [0, 0.05) is 12.6 Å². The molecule has 108 valence electrons. The normalized spacial score (nSPS) is 23.7. The predicted octanol–water partition coefficient (Wildman–Crippen LogP) is 1.69. The molecule has 1 fully saturated rings. The second-order valence-electron chi connectivity index (χ2n) is 5.01. The van der Waals surface area contributed by atoms with E-state index in [1.54, 1.807) is 12.1 Å². The molecule has 0 radical (unpaired) electrons. The molecule has 1 heterocycles. The Hall–Kier alpha value is -0.620. The quantitative estimate of drug-likeness (QED) is 0.893. The van der Waals surface area contributed by atoms with E-state index in [9.17, 15) is 8.42 Å². The van der Waals surface area contributed by atoms with Crippen LogP contribution in [0.5, 0.6) is 0 Å². The van der Waals surface area contributed by atoms with Gasteiger partial charge in [-0.2, -0.15) is 0 Å². The Balaban J connectivity index is 0.00000180. The van der Waals surface area contributed by atoms with Crippen molar-refractivity contribution in [2.75, 3.05) is 13.1 Å². The number of sulfonamides is 1. The van der Waals surface area contributed by atoms with Gasteiger partial charge in [-0.1, -0.05) is 24.6 Å². The number of hydrogen-bond acceptors (Lipinski definition) is 3. The highest BCUT2D eigenvalue weighted by Crippen LogP contribution is 2.16. The molecule has 1 aliphatic heterocycles. The van der Waals surface area contributed by atoms with Crippen LogP contribution in [0.25, 0.3) is 0 Å². The maximum atomic E-state index is 12.2. The van der Waals surface area contributed by atoms with Crippen LogP contribution in [0.15, 0.2) is 29.2 Å². The van der Waals surface area contributed by atoms with Crippen LogP contribution in [0.1, 0.15) is 18.9 Å². The molecule has 6 heteroatoms. The summed E-state index contributed by atoms with van der Waals surface area (Å²) >= 11 is 0. The van der Waals surface area contributed by atoms with Crippen molar-refractivity contribution in [1.82, 2.24) is 10.0 Å². The molecule has 1 saturated heterocycles. The van der Waals surface area contributed by atoms with Crippen molar-refractivity contribution in [2.24, 2.45) is 5.92 Å². The van der Waals surface area contributed by atoms with Gasteiger partial charge in [0.05, 0.1) is 4.90 Å². The Morgan fingerprint density at radius 3 is 2.47 bits per heavy atom. The van der Waals surface area contributed by atoms with E-state index in [0.29, 0.717) is 17.4 Å². The summed E-state index contributed by atoms with van der Waals surface area (Å²) in [7, 11) is -3.40. The lowest BCUT2D eigenvalue weighted by Crippen LogP contribution is -2.50. The number of aryl methyl sites for hydroxylation is 1. The first-order valence-electron chi connectivity index (χ1n) is 6.29. The summed E-state index contributed by atoms with van der Waals surface area (Å²) in [5.74, 6) is 0.367. The molecule has 0 aromatic heterocycles. The molecule has 1 aromatic carbocycles. The average molecular weight is 305 g/mol. The number of rotatable bonds is 3. The summed E-state index contributed by atoms with van der Waals surface area (Å²) in [6.07, 6.45) is 1.00. The Bertz CT molecular complexity index is 502. The van der Waals surface area contributed by atoms with Crippen LogP contribution >= 0.6 is 12.4 Å². The highest BCUT2D eigenvalue weighted by Gasteiger charge is 2.26. The molecule has 0 saturated carbocycles. The van der Waals surface area contributed by atoms with E-state index < -0.39 is 10.0 Å². The van der Waals surface area contributed by atoms with Gasteiger partial charge >= 0.3 is 0 Å². The Morgan fingerprint density at radius 1 is 1.26 bits per heavy atom. The molecule has 0 spiro atoms. The summed E-state index contributed by atoms with van der Waals surface area (Å²) in [5.41, 5.74) is 1.06. The standard InChI is InChI=1S/C13H20N2O2S.ClH/c1-10-3-5-12(6-4-10)18(16,17)15-13-9-14-8-7-11(13)2;/h3-6,11,13-15H,7-9H2,1-2H3;1H. The fourth-order valence-corrected chi connectivity index (χ4v) is 3.48. The smallest absolute Gasteiger partial charge is 0.240 e. The molecule has 2 atom stereocenters. The SMILES string of the molecule is Cc1ccc(S(=O)(=O)NC2CNCCC2C)cc1.Cl. The molecule has 0 bridgehead atoms. The van der Waals surface area contributed by atoms with Gasteiger partial charge in [-0.25, -0.2) is 13.1 Å². The zero-order valence-electron chi connectivity index (χ0n) is 11.2. The summed E-state index contributed by atoms with van der Waals surface area (Å²) < 4.78 is 27.2. The van der Waals surface area contributed by atoms with E-state index in [0.717, 1.165) is 18.5 Å². The van der Waals surface area contributed by atoms with Crippen molar-refractivity contribution in [3.63, 3.8) is 0 Å². The average Bonchev–Trinajstić information content (AvgIpc) is 2.32. The van der Waals surface area contributed by atoms with Crippen molar-refractivity contribution >= 4 is 22.4 Å². The summed E-state index contributed by atoms with van der Waals surface area (Å²) in [6.45, 7) is 5.69. The molecule has 2 rings (SSSR count). The lowest BCUT2D eigenvalue weighted by molar-refractivity contribution is 0.327. The minimum absolute atomic E-state index is 0. The third-order valence-corrected chi connectivity index (χ3v) is 4.97. The first-order chi connectivity index (χ1) is 8.49. The molecule has 2 unspecified atom stereocenters. The first-order valence-corrected chi connectivity index (χ1v) is 7.77. The number of hydrogen-bond donors (Lipinski definition) is 2. The maximum Gasteiger partial charge on any atom is 0.240 e. The molecule has 1 aromatic rings. The monoisotopic (exact) mass is 304 g/mol. The molecule has 0 amide bonds. The van der Waals surface area contributed by atoms with Crippen molar-refractivity contribution in [3.8, 4) is 0 Å². The molecular weight excluding hydrogens is 284 g/mol. The number of halogens is 1. The number of benzene rings is 1. The van der Waals surface area contributed by atoms with Crippen LogP contribution < -0.4 is 10.0 Å². The Morgan fingerprint density at radius 2 is 1.89 bits per heavy atom. The largest absolute Gasteiger partial charge is 0.315 e. The zero-order valence-corrected chi connectivity index (χ0v) is 12.9. The second-order valence-corrected chi connectivity index (χ2v) is 6.72. The predicted molar refractivity (Wildman–Crippen MR) is 79.2 cm³/mol.